The molecule has 0 aliphatic carbocycles. The number of rotatable bonds is 4. The van der Waals surface area contributed by atoms with E-state index in [0.29, 0.717) is 6.42 Å². The van der Waals surface area contributed by atoms with E-state index >= 15 is 0 Å². The topological polar surface area (TPSA) is 29.5 Å². The van der Waals surface area contributed by atoms with Crippen molar-refractivity contribution < 1.29 is 9.63 Å². The molecule has 0 aromatic rings. The summed E-state index contributed by atoms with van der Waals surface area (Å²) in [6.07, 6.45) is 11.8. The van der Waals surface area contributed by atoms with Gasteiger partial charge in [0, 0.05) is 18.2 Å². The Morgan fingerprint density at radius 2 is 2.50 bits per heavy atom. The van der Waals surface area contributed by atoms with Crippen LogP contribution in [0.4, 0.5) is 0 Å². The number of fused-ring (bicyclic) bond motifs is 1. The van der Waals surface area contributed by atoms with Crippen LogP contribution in [0.15, 0.2) is 24.3 Å². The molecule has 4 heteroatoms. The lowest BCUT2D eigenvalue weighted by molar-refractivity contribution is -0.180. The monoisotopic (exact) mass is 285 g/mol. The molecule has 0 bridgehead atoms. The molecule has 0 aromatic heterocycles. The second kappa shape index (κ2) is 5.64. The van der Waals surface area contributed by atoms with Crippen LogP contribution in [0.2, 0.25) is 0 Å². The van der Waals surface area contributed by atoms with Gasteiger partial charge in [0.2, 0.25) is 0 Å². The summed E-state index contributed by atoms with van der Waals surface area (Å²) in [6, 6.07) is 0.145. The molecule has 1 fully saturated rings. The summed E-state index contributed by atoms with van der Waals surface area (Å²) < 4.78 is 0. The number of unbranched alkanes of at least 4 members (excludes halogenated alkanes) is 1. The molecule has 2 heterocycles. The molecule has 0 N–H and O–H groups in total. The Morgan fingerprint density at radius 1 is 1.62 bits per heavy atom. The minimum Gasteiger partial charge on any atom is -0.272 e. The normalized spacial score (nSPS) is 29.1. The standard InChI is InChI=1S/C12H16BrNO2/c13-8-3-1-2-6-11-9-10-5-4-7-12(15)14(10)16-11/h2,4-6,10-11H,1,3,7-9H2/b6-2+/t10-,11+/m1/s1. The second-order valence-corrected chi connectivity index (χ2v) is 4.85. The average molecular weight is 286 g/mol. The average Bonchev–Trinajstić information content (AvgIpc) is 2.69. The van der Waals surface area contributed by atoms with Gasteiger partial charge in [-0.2, -0.15) is 0 Å². The molecule has 16 heavy (non-hydrogen) atoms. The minimum absolute atomic E-state index is 0.0621. The van der Waals surface area contributed by atoms with Gasteiger partial charge < -0.3 is 0 Å². The summed E-state index contributed by atoms with van der Waals surface area (Å²) in [5, 5.41) is 2.55. The van der Waals surface area contributed by atoms with Crippen LogP contribution in [-0.4, -0.2) is 28.4 Å². The summed E-state index contributed by atoms with van der Waals surface area (Å²) in [5.74, 6) is 0.0730. The molecule has 2 aliphatic heterocycles. The number of alkyl halides is 1. The van der Waals surface area contributed by atoms with Gasteiger partial charge in [-0.3, -0.25) is 9.63 Å². The lowest BCUT2D eigenvalue weighted by atomic mass is 10.1. The zero-order chi connectivity index (χ0) is 11.4. The van der Waals surface area contributed by atoms with Crippen molar-refractivity contribution in [3.05, 3.63) is 24.3 Å². The highest BCUT2D eigenvalue weighted by Gasteiger charge is 2.35. The third-order valence-electron chi connectivity index (χ3n) is 2.78. The molecule has 3 nitrogen and oxygen atoms in total. The molecule has 0 aromatic carbocycles. The molecule has 2 aliphatic rings. The van der Waals surface area contributed by atoms with Crippen LogP contribution in [0.5, 0.6) is 0 Å². The summed E-state index contributed by atoms with van der Waals surface area (Å²) >= 11 is 3.39. The zero-order valence-electron chi connectivity index (χ0n) is 9.14. The molecular weight excluding hydrogens is 270 g/mol. The number of hydrogen-bond acceptors (Lipinski definition) is 2. The van der Waals surface area contributed by atoms with Gasteiger partial charge in [-0.25, -0.2) is 5.06 Å². The van der Waals surface area contributed by atoms with Crippen LogP contribution >= 0.6 is 15.9 Å². The molecule has 0 saturated carbocycles. The Bertz CT molecular complexity index is 314. The molecule has 0 spiro atoms. The van der Waals surface area contributed by atoms with Gasteiger partial charge in [-0.05, 0) is 12.8 Å². The third kappa shape index (κ3) is 2.74. The van der Waals surface area contributed by atoms with E-state index in [2.05, 4.69) is 34.2 Å². The van der Waals surface area contributed by atoms with Crippen molar-refractivity contribution in [2.24, 2.45) is 0 Å². The second-order valence-electron chi connectivity index (χ2n) is 4.06. The fourth-order valence-corrected chi connectivity index (χ4v) is 2.30. The maximum atomic E-state index is 11.5. The van der Waals surface area contributed by atoms with E-state index in [-0.39, 0.29) is 18.1 Å². The zero-order valence-corrected chi connectivity index (χ0v) is 10.7. The first-order valence-electron chi connectivity index (χ1n) is 5.69. The minimum atomic E-state index is 0.0621. The lowest BCUT2D eigenvalue weighted by Crippen LogP contribution is -2.35. The highest BCUT2D eigenvalue weighted by atomic mass is 79.9. The quantitative estimate of drug-likeness (QED) is 0.451. The van der Waals surface area contributed by atoms with Crippen molar-refractivity contribution in [1.29, 1.82) is 0 Å². The third-order valence-corrected chi connectivity index (χ3v) is 3.34. The van der Waals surface area contributed by atoms with E-state index in [4.69, 9.17) is 4.84 Å². The van der Waals surface area contributed by atoms with E-state index in [1.807, 2.05) is 6.08 Å². The Kier molecular flexibility index (Phi) is 4.18. The first-order chi connectivity index (χ1) is 7.81. The first kappa shape index (κ1) is 11.9. The molecule has 1 amide bonds. The fourth-order valence-electron chi connectivity index (χ4n) is 1.97. The van der Waals surface area contributed by atoms with E-state index in [1.165, 1.54) is 5.06 Å². The maximum Gasteiger partial charge on any atom is 0.250 e. The number of nitrogens with zero attached hydrogens (tertiary/aromatic N) is 1. The van der Waals surface area contributed by atoms with Crippen LogP contribution < -0.4 is 0 Å². The van der Waals surface area contributed by atoms with Crippen molar-refractivity contribution in [2.45, 2.75) is 37.8 Å². The highest BCUT2D eigenvalue weighted by molar-refractivity contribution is 9.09. The van der Waals surface area contributed by atoms with E-state index in [1.54, 1.807) is 0 Å². The molecule has 0 radical (unpaired) electrons. The number of hydroxylamine groups is 2. The van der Waals surface area contributed by atoms with E-state index in [9.17, 15) is 4.79 Å². The van der Waals surface area contributed by atoms with Crippen LogP contribution in [0, 0.1) is 0 Å². The van der Waals surface area contributed by atoms with Crippen molar-refractivity contribution in [1.82, 2.24) is 5.06 Å². The molecule has 2 rings (SSSR count). The number of allylic oxidation sites excluding steroid dienone is 1. The van der Waals surface area contributed by atoms with E-state index < -0.39 is 0 Å². The van der Waals surface area contributed by atoms with Crippen molar-refractivity contribution in [3.63, 3.8) is 0 Å². The van der Waals surface area contributed by atoms with Gasteiger partial charge >= 0.3 is 0 Å². The van der Waals surface area contributed by atoms with Gasteiger partial charge in [-0.15, -0.1) is 0 Å². The van der Waals surface area contributed by atoms with Crippen LogP contribution in [0.1, 0.15) is 25.7 Å². The number of amides is 1. The van der Waals surface area contributed by atoms with Gasteiger partial charge in [0.1, 0.15) is 6.10 Å². The molecule has 1 saturated heterocycles. The Labute approximate surface area is 104 Å². The van der Waals surface area contributed by atoms with Crippen LogP contribution in [-0.2, 0) is 9.63 Å². The van der Waals surface area contributed by atoms with Crippen LogP contribution in [0.3, 0.4) is 0 Å². The summed E-state index contributed by atoms with van der Waals surface area (Å²) in [6.45, 7) is 0. The first-order valence-corrected chi connectivity index (χ1v) is 6.81. The predicted octanol–water partition coefficient (Wildman–Crippen LogP) is 2.58. The van der Waals surface area contributed by atoms with Gasteiger partial charge in [0.25, 0.3) is 5.91 Å². The number of halogens is 1. The number of carbonyl (C=O) groups is 1. The smallest absolute Gasteiger partial charge is 0.250 e. The Hall–Kier alpha value is -0.610. The van der Waals surface area contributed by atoms with Crippen molar-refractivity contribution in [2.75, 3.05) is 5.33 Å². The molecule has 0 unspecified atom stereocenters. The van der Waals surface area contributed by atoms with Crippen LogP contribution in [0.25, 0.3) is 0 Å². The summed E-state index contributed by atoms with van der Waals surface area (Å²) in [7, 11) is 0. The van der Waals surface area contributed by atoms with E-state index in [0.717, 1.165) is 24.6 Å². The number of hydrogen-bond donors (Lipinski definition) is 0. The molecular formula is C12H16BrNO2. The predicted molar refractivity (Wildman–Crippen MR) is 66.0 cm³/mol. The van der Waals surface area contributed by atoms with Gasteiger partial charge in [-0.1, -0.05) is 40.2 Å². The van der Waals surface area contributed by atoms with Crippen molar-refractivity contribution in [3.8, 4) is 0 Å². The van der Waals surface area contributed by atoms with Gasteiger partial charge in [0.15, 0.2) is 0 Å². The number of carbonyl (C=O) groups excluding carboxylic acids is 1. The highest BCUT2D eigenvalue weighted by Crippen LogP contribution is 2.26. The fraction of sp³-hybridized carbons (Fsp3) is 0.583. The van der Waals surface area contributed by atoms with Crippen molar-refractivity contribution >= 4 is 21.8 Å². The molecule has 88 valence electrons. The lowest BCUT2D eigenvalue weighted by Gasteiger charge is -2.22. The largest absolute Gasteiger partial charge is 0.272 e. The summed E-state index contributed by atoms with van der Waals surface area (Å²) in [4.78, 5) is 17.1. The Morgan fingerprint density at radius 3 is 3.25 bits per heavy atom. The van der Waals surface area contributed by atoms with Gasteiger partial charge in [0.05, 0.1) is 6.04 Å². The Balaban J connectivity index is 1.85. The SMILES string of the molecule is O=C1CC=C[C@@H]2C[C@H](/C=C/CCCBr)ON12. The molecule has 2 atom stereocenters. The summed E-state index contributed by atoms with van der Waals surface area (Å²) in [5.41, 5.74) is 0. The maximum absolute atomic E-state index is 11.5.